The number of anilines is 2. The first-order valence-corrected chi connectivity index (χ1v) is 11.2. The summed E-state index contributed by atoms with van der Waals surface area (Å²) in [6.45, 7) is 4.00. The van der Waals surface area contributed by atoms with Crippen LogP contribution in [0.5, 0.6) is 0 Å². The van der Waals surface area contributed by atoms with Crippen LogP contribution in [0.3, 0.4) is 0 Å². The number of aromatic nitrogens is 1. The molecule has 2 aromatic rings. The number of benzene rings is 1. The minimum Gasteiger partial charge on any atom is -0.360 e. The van der Waals surface area contributed by atoms with Crippen LogP contribution >= 0.6 is 11.3 Å². The van der Waals surface area contributed by atoms with E-state index in [1.165, 1.54) is 10.8 Å². The van der Waals surface area contributed by atoms with Gasteiger partial charge in [0.05, 0.1) is 6.54 Å². The molecule has 0 saturated heterocycles. The quantitative estimate of drug-likeness (QED) is 0.460. The molecule has 0 spiro atoms. The normalized spacial score (nSPS) is 12.3. The highest BCUT2D eigenvalue weighted by Crippen LogP contribution is 2.15. The Hall–Kier alpha value is -3.49. The summed E-state index contributed by atoms with van der Waals surface area (Å²) in [5.74, 6) is -0.866. The number of halogens is 1. The molecule has 1 aromatic carbocycles. The Kier molecular flexibility index (Phi) is 9.78. The summed E-state index contributed by atoms with van der Waals surface area (Å²) in [7, 11) is 1.85. The summed E-state index contributed by atoms with van der Waals surface area (Å²) in [6, 6.07) is 8.83. The van der Waals surface area contributed by atoms with Crippen LogP contribution in [0.2, 0.25) is 0 Å². The molecular formula is C22H27FN6O3S. The average molecular weight is 475 g/mol. The second-order valence-electron chi connectivity index (χ2n) is 7.00. The fraction of sp³-hybridized carbons (Fsp3) is 0.364. The van der Waals surface area contributed by atoms with Gasteiger partial charge in [0, 0.05) is 30.7 Å². The largest absolute Gasteiger partial charge is 0.360 e. The molecule has 9 nitrogen and oxygen atoms in total. The molecule has 2 amide bonds. The highest BCUT2D eigenvalue weighted by Gasteiger charge is 2.15. The van der Waals surface area contributed by atoms with E-state index in [0.717, 1.165) is 17.9 Å². The zero-order valence-electron chi connectivity index (χ0n) is 18.8. The molecule has 0 atom stereocenters. The van der Waals surface area contributed by atoms with Gasteiger partial charge in [-0.1, -0.05) is 13.0 Å². The highest BCUT2D eigenvalue weighted by atomic mass is 32.1. The minimum atomic E-state index is -0.757. The van der Waals surface area contributed by atoms with E-state index in [9.17, 15) is 24.0 Å². The molecule has 0 aliphatic carbocycles. The van der Waals surface area contributed by atoms with Crippen LogP contribution in [0.4, 0.5) is 15.8 Å². The molecule has 33 heavy (non-hydrogen) atoms. The smallest absolute Gasteiger partial charge is 0.270 e. The van der Waals surface area contributed by atoms with Crippen LogP contribution in [0.25, 0.3) is 11.8 Å². The van der Waals surface area contributed by atoms with E-state index >= 15 is 0 Å². The Bertz CT molecular complexity index is 1210. The van der Waals surface area contributed by atoms with Crippen molar-refractivity contribution in [1.29, 1.82) is 5.26 Å². The molecule has 0 unspecified atom stereocenters. The lowest BCUT2D eigenvalue weighted by molar-refractivity contribution is -0.117. The van der Waals surface area contributed by atoms with Gasteiger partial charge in [-0.3, -0.25) is 23.9 Å². The maximum absolute atomic E-state index is 12.8. The SMILES string of the molecule is CCN(C)CC(=O)Nc1cccc(NC=c2sc(=C(C#N)C(=O)NCCF)n(CC)c2=O)c1. The van der Waals surface area contributed by atoms with E-state index in [1.54, 1.807) is 31.2 Å². The molecule has 0 radical (unpaired) electrons. The number of carbonyl (C=O) groups excluding carboxylic acids is 2. The summed E-state index contributed by atoms with van der Waals surface area (Å²) in [4.78, 5) is 38.9. The number of hydrogen-bond acceptors (Lipinski definition) is 7. The second-order valence-corrected chi connectivity index (χ2v) is 8.03. The number of nitrogens with zero attached hydrogens (tertiary/aromatic N) is 3. The van der Waals surface area contributed by atoms with Gasteiger partial charge in [-0.25, -0.2) is 4.39 Å². The number of hydrogen-bond donors (Lipinski definition) is 3. The monoisotopic (exact) mass is 474 g/mol. The number of alkyl halides is 1. The first-order valence-electron chi connectivity index (χ1n) is 10.4. The number of nitriles is 1. The van der Waals surface area contributed by atoms with E-state index in [0.29, 0.717) is 11.4 Å². The molecule has 176 valence electrons. The number of rotatable bonds is 10. The maximum atomic E-state index is 12.8. The van der Waals surface area contributed by atoms with E-state index in [4.69, 9.17) is 0 Å². The van der Waals surface area contributed by atoms with Gasteiger partial charge in [0.2, 0.25) is 5.91 Å². The van der Waals surface area contributed by atoms with Crippen LogP contribution in [0, 0.1) is 11.3 Å². The Balaban J connectivity index is 2.34. The molecule has 1 aromatic heterocycles. The number of amides is 2. The zero-order valence-corrected chi connectivity index (χ0v) is 19.6. The third-order valence-electron chi connectivity index (χ3n) is 4.63. The predicted molar refractivity (Wildman–Crippen MR) is 128 cm³/mol. The second kappa shape index (κ2) is 12.5. The molecule has 11 heteroatoms. The van der Waals surface area contributed by atoms with Crippen molar-refractivity contribution in [2.75, 3.05) is 44.0 Å². The van der Waals surface area contributed by atoms with Crippen molar-refractivity contribution < 1.29 is 14.0 Å². The van der Waals surface area contributed by atoms with Gasteiger partial charge in [-0.05, 0) is 38.7 Å². The van der Waals surface area contributed by atoms with Gasteiger partial charge in [0.1, 0.15) is 21.9 Å². The summed E-state index contributed by atoms with van der Waals surface area (Å²) < 4.78 is 14.2. The van der Waals surface area contributed by atoms with Gasteiger partial charge in [-0.15, -0.1) is 11.3 Å². The molecule has 0 saturated carbocycles. The van der Waals surface area contributed by atoms with Crippen molar-refractivity contribution in [1.82, 2.24) is 14.8 Å². The van der Waals surface area contributed by atoms with Crippen LogP contribution in [0.15, 0.2) is 29.1 Å². The maximum Gasteiger partial charge on any atom is 0.270 e. The van der Waals surface area contributed by atoms with Crippen LogP contribution < -0.4 is 30.7 Å². The van der Waals surface area contributed by atoms with Gasteiger partial charge >= 0.3 is 0 Å². The van der Waals surface area contributed by atoms with Crippen molar-refractivity contribution in [3.05, 3.63) is 43.8 Å². The Morgan fingerprint density at radius 1 is 1.30 bits per heavy atom. The first-order chi connectivity index (χ1) is 15.8. The van der Waals surface area contributed by atoms with Crippen molar-refractivity contribution in [3.63, 3.8) is 0 Å². The first kappa shape index (κ1) is 25.8. The molecule has 1 heterocycles. The van der Waals surface area contributed by atoms with E-state index in [2.05, 4.69) is 16.0 Å². The summed E-state index contributed by atoms with van der Waals surface area (Å²) >= 11 is 0.992. The Morgan fingerprint density at radius 3 is 2.67 bits per heavy atom. The number of thiazole rings is 1. The fourth-order valence-electron chi connectivity index (χ4n) is 2.83. The van der Waals surface area contributed by atoms with Crippen molar-refractivity contribution in [2.45, 2.75) is 20.4 Å². The zero-order chi connectivity index (χ0) is 24.4. The Morgan fingerprint density at radius 2 is 2.03 bits per heavy atom. The van der Waals surface area contributed by atoms with Gasteiger partial charge in [-0.2, -0.15) is 5.26 Å². The van der Waals surface area contributed by atoms with Gasteiger partial charge in [0.25, 0.3) is 11.5 Å². The third kappa shape index (κ3) is 7.00. The van der Waals surface area contributed by atoms with Crippen molar-refractivity contribution in [3.8, 4) is 6.07 Å². The number of carbonyl (C=O) groups is 2. The summed E-state index contributed by atoms with van der Waals surface area (Å²) in [5, 5.41) is 17.6. The average Bonchev–Trinajstić information content (AvgIpc) is 3.11. The van der Waals surface area contributed by atoms with Gasteiger partial charge < -0.3 is 16.0 Å². The lowest BCUT2D eigenvalue weighted by atomic mass is 10.2. The van der Waals surface area contributed by atoms with Crippen LogP contribution in [0.1, 0.15) is 13.8 Å². The molecule has 0 aliphatic rings. The van der Waals surface area contributed by atoms with E-state index in [1.807, 2.05) is 24.9 Å². The Labute approximate surface area is 194 Å². The van der Waals surface area contributed by atoms with E-state index in [-0.39, 0.29) is 45.9 Å². The minimum absolute atomic E-state index is 0.139. The molecular weight excluding hydrogens is 447 g/mol. The highest BCUT2D eigenvalue weighted by molar-refractivity contribution is 7.07. The topological polar surface area (TPSA) is 119 Å². The molecule has 0 fully saturated rings. The fourth-order valence-corrected chi connectivity index (χ4v) is 3.92. The number of nitrogens with one attached hydrogen (secondary N) is 3. The molecule has 0 aliphatic heterocycles. The van der Waals surface area contributed by atoms with Crippen LogP contribution in [-0.2, 0) is 16.1 Å². The lowest BCUT2D eigenvalue weighted by Crippen LogP contribution is -2.35. The number of likely N-dealkylation sites (N-methyl/N-ethyl adjacent to an activating group) is 1. The molecule has 2 rings (SSSR count). The standard InChI is InChI=1S/C22H27FN6O3S/c1-4-28(3)14-19(30)27-16-8-6-7-15(11-16)26-13-18-21(32)29(5-2)22(33-18)17(12-24)20(31)25-10-9-23/h6-8,11,13,26H,4-5,9-10,14H2,1-3H3,(H,25,31)(H,27,30). The van der Waals surface area contributed by atoms with Crippen LogP contribution in [-0.4, -0.2) is 54.6 Å². The van der Waals surface area contributed by atoms with E-state index < -0.39 is 12.6 Å². The summed E-state index contributed by atoms with van der Waals surface area (Å²) in [6.07, 6.45) is 1.49. The molecule has 3 N–H and O–H groups in total. The van der Waals surface area contributed by atoms with Gasteiger partial charge in [0.15, 0.2) is 5.57 Å². The van der Waals surface area contributed by atoms with Crippen molar-refractivity contribution in [2.24, 2.45) is 0 Å². The predicted octanol–water partition coefficient (Wildman–Crippen LogP) is 0.430. The van der Waals surface area contributed by atoms with Crippen molar-refractivity contribution >= 4 is 46.3 Å². The lowest BCUT2D eigenvalue weighted by Gasteiger charge is -2.13. The third-order valence-corrected chi connectivity index (χ3v) is 5.76. The molecule has 0 bridgehead atoms. The summed E-state index contributed by atoms with van der Waals surface area (Å²) in [5.41, 5.74) is 0.640.